The predicted octanol–water partition coefficient (Wildman–Crippen LogP) is 2.10. The quantitative estimate of drug-likeness (QED) is 0.812. The lowest BCUT2D eigenvalue weighted by Crippen LogP contribution is -2.40. The number of benzene rings is 1. The van der Waals surface area contributed by atoms with E-state index in [1.54, 1.807) is 17.0 Å². The molecule has 28 heavy (non-hydrogen) atoms. The Morgan fingerprint density at radius 2 is 1.50 bits per heavy atom. The van der Waals surface area contributed by atoms with Crippen LogP contribution in [0, 0.1) is 0 Å². The van der Waals surface area contributed by atoms with Gasteiger partial charge < -0.3 is 23.9 Å². The minimum absolute atomic E-state index is 0.0226. The van der Waals surface area contributed by atoms with Gasteiger partial charge in [-0.05, 0) is 30.7 Å². The van der Waals surface area contributed by atoms with Crippen LogP contribution in [0.3, 0.4) is 0 Å². The molecule has 2 fully saturated rings. The molecule has 0 atom stereocenters. The monoisotopic (exact) mass is 383 g/mol. The van der Waals surface area contributed by atoms with E-state index in [0.29, 0.717) is 45.2 Å². The number of furan rings is 1. The van der Waals surface area contributed by atoms with Crippen LogP contribution in [-0.2, 0) is 4.74 Å². The Hall–Kier alpha value is -2.80. The van der Waals surface area contributed by atoms with Crippen LogP contribution in [0.5, 0.6) is 0 Å². The predicted molar refractivity (Wildman–Crippen MR) is 105 cm³/mol. The fourth-order valence-electron chi connectivity index (χ4n) is 3.78. The van der Waals surface area contributed by atoms with Gasteiger partial charge in [0.25, 0.3) is 11.8 Å². The molecule has 0 saturated carbocycles. The first kappa shape index (κ1) is 18.6. The van der Waals surface area contributed by atoms with Crippen molar-refractivity contribution in [2.75, 3.05) is 57.4 Å². The molecule has 4 rings (SSSR count). The highest BCUT2D eigenvalue weighted by molar-refractivity contribution is 6.00. The Balaban J connectivity index is 1.46. The number of anilines is 1. The number of hydrogen-bond donors (Lipinski definition) is 0. The molecule has 7 nitrogen and oxygen atoms in total. The van der Waals surface area contributed by atoms with E-state index in [0.717, 1.165) is 30.8 Å². The SMILES string of the molecule is O=C(c1ccco1)N1CCCN(C(=O)c2ccccc2N2CCOCC2)CC1. The van der Waals surface area contributed by atoms with Crippen molar-refractivity contribution in [2.45, 2.75) is 6.42 Å². The van der Waals surface area contributed by atoms with Crippen molar-refractivity contribution < 1.29 is 18.7 Å². The lowest BCUT2D eigenvalue weighted by Gasteiger charge is -2.31. The Morgan fingerprint density at radius 1 is 0.786 bits per heavy atom. The van der Waals surface area contributed by atoms with Gasteiger partial charge in [0.15, 0.2) is 5.76 Å². The van der Waals surface area contributed by atoms with Gasteiger partial charge in [0.05, 0.1) is 25.0 Å². The van der Waals surface area contributed by atoms with E-state index >= 15 is 0 Å². The Bertz CT molecular complexity index is 815. The van der Waals surface area contributed by atoms with Crippen molar-refractivity contribution in [1.29, 1.82) is 0 Å². The second-order valence-corrected chi connectivity index (χ2v) is 7.03. The summed E-state index contributed by atoms with van der Waals surface area (Å²) in [5.41, 5.74) is 1.68. The third kappa shape index (κ3) is 3.89. The summed E-state index contributed by atoms with van der Waals surface area (Å²) in [5.74, 6) is 0.250. The van der Waals surface area contributed by atoms with Crippen molar-refractivity contribution in [3.63, 3.8) is 0 Å². The van der Waals surface area contributed by atoms with Gasteiger partial charge in [0.1, 0.15) is 0 Å². The van der Waals surface area contributed by atoms with Crippen LogP contribution in [0.2, 0.25) is 0 Å². The van der Waals surface area contributed by atoms with E-state index in [-0.39, 0.29) is 11.8 Å². The highest BCUT2D eigenvalue weighted by atomic mass is 16.5. The number of rotatable bonds is 3. The maximum atomic E-state index is 13.3. The maximum absolute atomic E-state index is 13.3. The molecule has 2 aromatic rings. The molecule has 1 aromatic heterocycles. The molecule has 0 bridgehead atoms. The third-order valence-corrected chi connectivity index (χ3v) is 5.29. The average molecular weight is 383 g/mol. The Labute approximate surface area is 164 Å². The molecule has 148 valence electrons. The third-order valence-electron chi connectivity index (χ3n) is 5.29. The molecule has 2 aliphatic rings. The van der Waals surface area contributed by atoms with Crippen LogP contribution in [0.1, 0.15) is 27.3 Å². The van der Waals surface area contributed by atoms with E-state index in [1.807, 2.05) is 29.2 Å². The van der Waals surface area contributed by atoms with Crippen LogP contribution in [0.4, 0.5) is 5.69 Å². The standard InChI is InChI=1S/C21H25N3O4/c25-20(17-5-1-2-6-18(17)22-12-15-27-16-13-22)23-8-4-9-24(11-10-23)21(26)19-7-3-14-28-19/h1-3,5-7,14H,4,8-13,15-16H2. The van der Waals surface area contributed by atoms with Gasteiger partial charge in [0, 0.05) is 45.0 Å². The first-order valence-electron chi connectivity index (χ1n) is 9.78. The highest BCUT2D eigenvalue weighted by Gasteiger charge is 2.26. The second kappa shape index (κ2) is 8.48. The molecular formula is C21H25N3O4. The first-order valence-corrected chi connectivity index (χ1v) is 9.78. The molecule has 2 amide bonds. The van der Waals surface area contributed by atoms with Gasteiger partial charge in [-0.2, -0.15) is 0 Å². The molecule has 0 unspecified atom stereocenters. The number of morpholine rings is 1. The van der Waals surface area contributed by atoms with Gasteiger partial charge >= 0.3 is 0 Å². The molecular weight excluding hydrogens is 358 g/mol. The first-order chi connectivity index (χ1) is 13.7. The van der Waals surface area contributed by atoms with Crippen molar-refractivity contribution in [2.24, 2.45) is 0 Å². The minimum Gasteiger partial charge on any atom is -0.459 e. The number of ether oxygens (including phenoxy) is 1. The summed E-state index contributed by atoms with van der Waals surface area (Å²) in [6.45, 7) is 5.21. The van der Waals surface area contributed by atoms with Crippen LogP contribution < -0.4 is 4.90 Å². The Kier molecular flexibility index (Phi) is 5.62. The van der Waals surface area contributed by atoms with Gasteiger partial charge in [-0.25, -0.2) is 0 Å². The molecule has 2 saturated heterocycles. The van der Waals surface area contributed by atoms with Crippen molar-refractivity contribution in [1.82, 2.24) is 9.80 Å². The molecule has 3 heterocycles. The van der Waals surface area contributed by atoms with E-state index in [2.05, 4.69) is 4.90 Å². The van der Waals surface area contributed by atoms with Crippen LogP contribution in [-0.4, -0.2) is 74.1 Å². The lowest BCUT2D eigenvalue weighted by molar-refractivity contribution is 0.0700. The second-order valence-electron chi connectivity index (χ2n) is 7.03. The highest BCUT2D eigenvalue weighted by Crippen LogP contribution is 2.23. The van der Waals surface area contributed by atoms with Crippen LogP contribution in [0.15, 0.2) is 47.1 Å². The van der Waals surface area contributed by atoms with Crippen LogP contribution in [0.25, 0.3) is 0 Å². The van der Waals surface area contributed by atoms with E-state index in [9.17, 15) is 9.59 Å². The van der Waals surface area contributed by atoms with Crippen molar-refractivity contribution in [3.8, 4) is 0 Å². The largest absolute Gasteiger partial charge is 0.459 e. The zero-order valence-electron chi connectivity index (χ0n) is 15.9. The van der Waals surface area contributed by atoms with E-state index in [1.165, 1.54) is 6.26 Å². The molecule has 2 aliphatic heterocycles. The smallest absolute Gasteiger partial charge is 0.289 e. The normalized spacial score (nSPS) is 18.1. The average Bonchev–Trinajstić information content (AvgIpc) is 3.18. The summed E-state index contributed by atoms with van der Waals surface area (Å²) in [6.07, 6.45) is 2.25. The van der Waals surface area contributed by atoms with Gasteiger partial charge in [-0.3, -0.25) is 9.59 Å². The summed E-state index contributed by atoms with van der Waals surface area (Å²) >= 11 is 0. The number of carbonyl (C=O) groups excluding carboxylic acids is 2. The number of carbonyl (C=O) groups is 2. The fraction of sp³-hybridized carbons (Fsp3) is 0.429. The maximum Gasteiger partial charge on any atom is 0.289 e. The summed E-state index contributed by atoms with van der Waals surface area (Å²) in [5, 5.41) is 0. The van der Waals surface area contributed by atoms with Crippen LogP contribution >= 0.6 is 0 Å². The minimum atomic E-state index is -0.118. The molecule has 7 heteroatoms. The number of amides is 2. The summed E-state index contributed by atoms with van der Waals surface area (Å²) in [7, 11) is 0. The van der Waals surface area contributed by atoms with Crippen molar-refractivity contribution >= 4 is 17.5 Å². The van der Waals surface area contributed by atoms with Gasteiger partial charge in [-0.1, -0.05) is 12.1 Å². The molecule has 1 aromatic carbocycles. The van der Waals surface area contributed by atoms with E-state index < -0.39 is 0 Å². The molecule has 0 N–H and O–H groups in total. The zero-order valence-corrected chi connectivity index (χ0v) is 15.9. The number of para-hydroxylation sites is 1. The Morgan fingerprint density at radius 3 is 2.21 bits per heavy atom. The summed E-state index contributed by atoms with van der Waals surface area (Å²) in [4.78, 5) is 31.6. The fourth-order valence-corrected chi connectivity index (χ4v) is 3.78. The van der Waals surface area contributed by atoms with E-state index in [4.69, 9.17) is 9.15 Å². The van der Waals surface area contributed by atoms with Crippen molar-refractivity contribution in [3.05, 3.63) is 54.0 Å². The molecule has 0 radical (unpaired) electrons. The summed E-state index contributed by atoms with van der Waals surface area (Å²) < 4.78 is 10.7. The number of hydrogen-bond acceptors (Lipinski definition) is 5. The molecule has 0 spiro atoms. The molecule has 0 aliphatic carbocycles. The summed E-state index contributed by atoms with van der Waals surface area (Å²) in [6, 6.07) is 11.2. The topological polar surface area (TPSA) is 66.2 Å². The zero-order chi connectivity index (χ0) is 19.3. The number of nitrogens with zero attached hydrogens (tertiary/aromatic N) is 3. The van der Waals surface area contributed by atoms with Gasteiger partial charge in [-0.15, -0.1) is 0 Å². The van der Waals surface area contributed by atoms with Gasteiger partial charge in [0.2, 0.25) is 0 Å². The lowest BCUT2D eigenvalue weighted by atomic mass is 10.1.